The predicted molar refractivity (Wildman–Crippen MR) is 73.8 cm³/mol. The Morgan fingerprint density at radius 3 is 2.89 bits per heavy atom. The van der Waals surface area contributed by atoms with Gasteiger partial charge in [-0.25, -0.2) is 4.39 Å². The van der Waals surface area contributed by atoms with Gasteiger partial charge < -0.3 is 10.1 Å². The Morgan fingerprint density at radius 2 is 2.16 bits per heavy atom. The molecule has 1 atom stereocenters. The Bertz CT molecular complexity index is 545. The van der Waals surface area contributed by atoms with E-state index >= 15 is 0 Å². The molecule has 0 aliphatic carbocycles. The lowest BCUT2D eigenvalue weighted by Gasteiger charge is -2.16. The fourth-order valence-corrected chi connectivity index (χ4v) is 1.84. The summed E-state index contributed by atoms with van der Waals surface area (Å²) in [4.78, 5) is 3.85. The Balaban J connectivity index is 2.10. The highest BCUT2D eigenvalue weighted by molar-refractivity contribution is 5.49. The average molecular weight is 260 g/mol. The number of aromatic nitrogens is 1. The Labute approximate surface area is 112 Å². The lowest BCUT2D eigenvalue weighted by Crippen LogP contribution is -2.07. The summed E-state index contributed by atoms with van der Waals surface area (Å²) in [5.74, 6) is 0.492. The first-order chi connectivity index (χ1) is 9.19. The molecule has 2 rings (SSSR count). The molecular weight excluding hydrogens is 243 g/mol. The number of nitrogens with one attached hydrogen (secondary N) is 1. The SMILES string of the molecule is CCOc1cccc(NC(C)c2cncc(F)c2)c1. The molecule has 1 heterocycles. The molecule has 0 bridgehead atoms. The van der Waals surface area contributed by atoms with Crippen LogP contribution in [0.3, 0.4) is 0 Å². The van der Waals surface area contributed by atoms with E-state index in [1.54, 1.807) is 6.20 Å². The van der Waals surface area contributed by atoms with Crippen LogP contribution < -0.4 is 10.1 Å². The lowest BCUT2D eigenvalue weighted by molar-refractivity contribution is 0.340. The van der Waals surface area contributed by atoms with Crippen molar-refractivity contribution in [2.24, 2.45) is 0 Å². The predicted octanol–water partition coefficient (Wildman–Crippen LogP) is 3.79. The molecular formula is C15H17FN2O. The number of pyridine rings is 1. The van der Waals surface area contributed by atoms with Crippen LogP contribution in [0, 0.1) is 5.82 Å². The first kappa shape index (κ1) is 13.3. The van der Waals surface area contributed by atoms with Crippen molar-refractivity contribution >= 4 is 5.69 Å². The number of rotatable bonds is 5. The van der Waals surface area contributed by atoms with Gasteiger partial charge in [0.05, 0.1) is 18.8 Å². The van der Waals surface area contributed by atoms with Crippen LogP contribution in [-0.2, 0) is 0 Å². The number of benzene rings is 1. The highest BCUT2D eigenvalue weighted by Crippen LogP contribution is 2.22. The maximum absolute atomic E-state index is 13.1. The van der Waals surface area contributed by atoms with Gasteiger partial charge in [-0.05, 0) is 37.6 Å². The second-order valence-electron chi connectivity index (χ2n) is 4.26. The first-order valence-electron chi connectivity index (χ1n) is 6.29. The first-order valence-corrected chi connectivity index (χ1v) is 6.29. The van der Waals surface area contributed by atoms with Crippen LogP contribution in [0.1, 0.15) is 25.5 Å². The van der Waals surface area contributed by atoms with E-state index in [1.165, 1.54) is 12.3 Å². The van der Waals surface area contributed by atoms with Crippen LogP contribution in [0.2, 0.25) is 0 Å². The molecule has 0 saturated heterocycles. The van der Waals surface area contributed by atoms with Gasteiger partial charge in [0.15, 0.2) is 0 Å². The standard InChI is InChI=1S/C15H17FN2O/c1-3-19-15-6-4-5-14(8-15)18-11(2)12-7-13(16)10-17-9-12/h4-11,18H,3H2,1-2H3. The van der Waals surface area contributed by atoms with Crippen LogP contribution in [0.4, 0.5) is 10.1 Å². The fraction of sp³-hybridized carbons (Fsp3) is 0.267. The van der Waals surface area contributed by atoms with E-state index in [-0.39, 0.29) is 11.9 Å². The van der Waals surface area contributed by atoms with Crippen molar-refractivity contribution in [2.45, 2.75) is 19.9 Å². The van der Waals surface area contributed by atoms with E-state index in [4.69, 9.17) is 4.74 Å². The maximum Gasteiger partial charge on any atom is 0.141 e. The zero-order valence-corrected chi connectivity index (χ0v) is 11.1. The monoisotopic (exact) mass is 260 g/mol. The quantitative estimate of drug-likeness (QED) is 0.888. The third kappa shape index (κ3) is 3.68. The summed E-state index contributed by atoms with van der Waals surface area (Å²) in [6, 6.07) is 9.16. The van der Waals surface area contributed by atoms with Crippen LogP contribution in [-0.4, -0.2) is 11.6 Å². The third-order valence-corrected chi connectivity index (χ3v) is 2.75. The summed E-state index contributed by atoms with van der Waals surface area (Å²) in [5.41, 5.74) is 1.74. The molecule has 100 valence electrons. The van der Waals surface area contributed by atoms with Crippen LogP contribution in [0.5, 0.6) is 5.75 Å². The zero-order chi connectivity index (χ0) is 13.7. The van der Waals surface area contributed by atoms with Crippen LogP contribution in [0.25, 0.3) is 0 Å². The minimum absolute atomic E-state index is 0.0277. The van der Waals surface area contributed by atoms with E-state index < -0.39 is 0 Å². The van der Waals surface area contributed by atoms with Gasteiger partial charge in [0.25, 0.3) is 0 Å². The van der Waals surface area contributed by atoms with E-state index in [0.717, 1.165) is 17.0 Å². The smallest absolute Gasteiger partial charge is 0.141 e. The van der Waals surface area contributed by atoms with E-state index in [1.807, 2.05) is 38.1 Å². The van der Waals surface area contributed by atoms with E-state index in [0.29, 0.717) is 6.61 Å². The highest BCUT2D eigenvalue weighted by Gasteiger charge is 2.07. The van der Waals surface area contributed by atoms with Crippen LogP contribution >= 0.6 is 0 Å². The summed E-state index contributed by atoms with van der Waals surface area (Å²) in [5, 5.41) is 3.30. The maximum atomic E-state index is 13.1. The van der Waals surface area contributed by atoms with Gasteiger partial charge in [-0.1, -0.05) is 6.07 Å². The number of ether oxygens (including phenoxy) is 1. The number of nitrogens with zero attached hydrogens (tertiary/aromatic N) is 1. The van der Waals surface area contributed by atoms with Crippen molar-refractivity contribution in [1.29, 1.82) is 0 Å². The number of hydrogen-bond donors (Lipinski definition) is 1. The molecule has 2 aromatic rings. The lowest BCUT2D eigenvalue weighted by atomic mass is 10.1. The molecule has 1 aromatic heterocycles. The number of halogens is 1. The molecule has 3 nitrogen and oxygen atoms in total. The van der Waals surface area contributed by atoms with Gasteiger partial charge >= 0.3 is 0 Å². The Morgan fingerprint density at radius 1 is 1.32 bits per heavy atom. The molecule has 0 spiro atoms. The molecule has 0 fully saturated rings. The second-order valence-corrected chi connectivity index (χ2v) is 4.26. The van der Waals surface area contributed by atoms with Gasteiger partial charge in [0.1, 0.15) is 11.6 Å². The van der Waals surface area contributed by atoms with Gasteiger partial charge in [0, 0.05) is 18.0 Å². The average Bonchev–Trinajstić information content (AvgIpc) is 2.39. The fourth-order valence-electron chi connectivity index (χ4n) is 1.84. The van der Waals surface area contributed by atoms with Crippen molar-refractivity contribution in [1.82, 2.24) is 4.98 Å². The summed E-state index contributed by atoms with van der Waals surface area (Å²) in [7, 11) is 0. The van der Waals surface area contributed by atoms with Crippen molar-refractivity contribution in [3.05, 3.63) is 54.1 Å². The van der Waals surface area contributed by atoms with Crippen molar-refractivity contribution in [3.8, 4) is 5.75 Å². The number of hydrogen-bond acceptors (Lipinski definition) is 3. The summed E-state index contributed by atoms with van der Waals surface area (Å²) < 4.78 is 18.6. The molecule has 0 aliphatic rings. The Hall–Kier alpha value is -2.10. The van der Waals surface area contributed by atoms with E-state index in [9.17, 15) is 4.39 Å². The molecule has 4 heteroatoms. The van der Waals surface area contributed by atoms with Crippen molar-refractivity contribution < 1.29 is 9.13 Å². The van der Waals surface area contributed by atoms with Gasteiger partial charge in [0.2, 0.25) is 0 Å². The molecule has 0 amide bonds. The minimum atomic E-state index is -0.325. The molecule has 1 N–H and O–H groups in total. The van der Waals surface area contributed by atoms with Crippen molar-refractivity contribution in [2.75, 3.05) is 11.9 Å². The molecule has 19 heavy (non-hydrogen) atoms. The normalized spacial score (nSPS) is 11.9. The highest BCUT2D eigenvalue weighted by atomic mass is 19.1. The molecule has 0 radical (unpaired) electrons. The summed E-state index contributed by atoms with van der Waals surface area (Å²) in [6.45, 7) is 4.54. The van der Waals surface area contributed by atoms with Crippen molar-refractivity contribution in [3.63, 3.8) is 0 Å². The van der Waals surface area contributed by atoms with Gasteiger partial charge in [-0.2, -0.15) is 0 Å². The van der Waals surface area contributed by atoms with Gasteiger partial charge in [-0.15, -0.1) is 0 Å². The number of anilines is 1. The third-order valence-electron chi connectivity index (χ3n) is 2.75. The zero-order valence-electron chi connectivity index (χ0n) is 11.1. The molecule has 0 saturated carbocycles. The second kappa shape index (κ2) is 6.18. The summed E-state index contributed by atoms with van der Waals surface area (Å²) >= 11 is 0. The summed E-state index contributed by atoms with van der Waals surface area (Å²) in [6.07, 6.45) is 2.86. The Kier molecular flexibility index (Phi) is 4.34. The molecule has 0 aliphatic heterocycles. The minimum Gasteiger partial charge on any atom is -0.494 e. The van der Waals surface area contributed by atoms with Gasteiger partial charge in [-0.3, -0.25) is 4.98 Å². The largest absolute Gasteiger partial charge is 0.494 e. The molecule has 1 aromatic carbocycles. The topological polar surface area (TPSA) is 34.1 Å². The van der Waals surface area contributed by atoms with E-state index in [2.05, 4.69) is 10.3 Å². The molecule has 1 unspecified atom stereocenters. The van der Waals surface area contributed by atoms with Crippen LogP contribution in [0.15, 0.2) is 42.7 Å².